The maximum absolute atomic E-state index is 11.6. The molecule has 3 unspecified atom stereocenters. The van der Waals surface area contributed by atoms with Gasteiger partial charge in [0, 0.05) is 72.8 Å². The van der Waals surface area contributed by atoms with Gasteiger partial charge in [0.25, 0.3) is 0 Å². The first-order chi connectivity index (χ1) is 12.9. The summed E-state index contributed by atoms with van der Waals surface area (Å²) >= 11 is 0. The van der Waals surface area contributed by atoms with Crippen LogP contribution in [0.3, 0.4) is 0 Å². The van der Waals surface area contributed by atoms with Gasteiger partial charge in [-0.25, -0.2) is 0 Å². The van der Waals surface area contributed by atoms with Crippen LogP contribution in [0.1, 0.15) is 40.0 Å². The van der Waals surface area contributed by atoms with Gasteiger partial charge in [0.2, 0.25) is 23.6 Å². The van der Waals surface area contributed by atoms with Gasteiger partial charge >= 0.3 is 6.04 Å². The quantitative estimate of drug-likeness (QED) is 0.259. The number of rotatable bonds is 6. The molecule has 4 amide bonds. The SMILES string of the molecule is CC1CC(=O)N(C)C1=O.CNC(=O)C(C)CC(=O)F.CNC(=O)C(C)C[C-]=O.[W]. The maximum atomic E-state index is 11.6. The molecule has 0 aromatic rings. The molecule has 1 saturated heterocycles. The van der Waals surface area contributed by atoms with Crippen molar-refractivity contribution in [3.63, 3.8) is 0 Å². The fourth-order valence-corrected chi connectivity index (χ4v) is 1.98. The second kappa shape index (κ2) is 16.9. The van der Waals surface area contributed by atoms with E-state index < -0.39 is 12.0 Å². The third-order valence-corrected chi connectivity index (χ3v) is 3.85. The van der Waals surface area contributed by atoms with Gasteiger partial charge in [-0.2, -0.15) is 4.39 Å². The monoisotopic (exact) mass is 586 g/mol. The summed E-state index contributed by atoms with van der Waals surface area (Å²) in [4.78, 5) is 63.5. The average molecular weight is 586 g/mol. The number of hydrogen-bond acceptors (Lipinski definition) is 6. The van der Waals surface area contributed by atoms with Gasteiger partial charge in [-0.3, -0.25) is 35.2 Å². The molecule has 0 spiro atoms. The summed E-state index contributed by atoms with van der Waals surface area (Å²) in [5.41, 5.74) is 0. The van der Waals surface area contributed by atoms with Crippen LogP contribution in [0.25, 0.3) is 0 Å². The number of imide groups is 1. The average Bonchev–Trinajstić information content (AvgIpc) is 2.86. The first kappa shape index (κ1) is 31.7. The Labute approximate surface area is 184 Å². The minimum atomic E-state index is -1.45. The van der Waals surface area contributed by atoms with Crippen LogP contribution in [0.15, 0.2) is 0 Å². The van der Waals surface area contributed by atoms with Gasteiger partial charge < -0.3 is 15.4 Å². The Morgan fingerprint density at radius 2 is 1.59 bits per heavy atom. The van der Waals surface area contributed by atoms with E-state index in [1.165, 1.54) is 25.9 Å². The fourth-order valence-electron chi connectivity index (χ4n) is 1.98. The molecule has 0 aliphatic carbocycles. The summed E-state index contributed by atoms with van der Waals surface area (Å²) in [7, 11) is 4.51. The predicted molar refractivity (Wildman–Crippen MR) is 99.1 cm³/mol. The molecule has 3 atom stereocenters. The summed E-state index contributed by atoms with van der Waals surface area (Å²) in [5.74, 6) is -1.45. The van der Waals surface area contributed by atoms with E-state index in [0.29, 0.717) is 6.42 Å². The fraction of sp³-hybridized carbons (Fsp3) is 0.667. The maximum Gasteiger partial charge on any atom is 0.302 e. The smallest absolute Gasteiger partial charge is 0.302 e. The number of carbonyl (C=O) groups is 5. The third-order valence-electron chi connectivity index (χ3n) is 3.85. The van der Waals surface area contributed by atoms with Crippen LogP contribution in [0.4, 0.5) is 4.39 Å². The summed E-state index contributed by atoms with van der Waals surface area (Å²) in [6.07, 6.45) is 1.90. The molecule has 1 rings (SSSR count). The third kappa shape index (κ3) is 13.8. The standard InChI is InChI=1S/C6H10FNO2.C6H9NO2.C6H10NO2.W/c1-4(3-5(7)9)6(10)8-2;1-4-3-5(8)7(2)6(4)9;1-5(3-4-8)6(9)7-2;/h4H,3H2,1-2H3,(H,8,10);4H,3H2,1-2H3;5H,3H2,1-2H3,(H,7,9);/q;;-1;. The van der Waals surface area contributed by atoms with Crippen molar-refractivity contribution in [1.29, 1.82) is 0 Å². The molecule has 1 aliphatic heterocycles. The van der Waals surface area contributed by atoms with E-state index in [-0.39, 0.29) is 69.4 Å². The molecular formula is C18H29FN3O6W-. The topological polar surface area (TPSA) is 130 Å². The van der Waals surface area contributed by atoms with Gasteiger partial charge in [0.15, 0.2) is 0 Å². The van der Waals surface area contributed by atoms with Gasteiger partial charge in [-0.1, -0.05) is 20.8 Å². The van der Waals surface area contributed by atoms with Crippen molar-refractivity contribution in [1.82, 2.24) is 15.5 Å². The number of hydrogen-bond donors (Lipinski definition) is 2. The van der Waals surface area contributed by atoms with E-state index in [9.17, 15) is 33.2 Å². The molecule has 0 radical (unpaired) electrons. The molecule has 0 bridgehead atoms. The number of likely N-dealkylation sites (tertiary alicyclic amines) is 1. The zero-order valence-corrected chi connectivity index (χ0v) is 20.5. The number of nitrogens with one attached hydrogen (secondary N) is 2. The molecule has 0 aromatic heterocycles. The number of amides is 4. The Morgan fingerprint density at radius 1 is 1.14 bits per heavy atom. The number of halogens is 1. The van der Waals surface area contributed by atoms with Gasteiger partial charge in [0.05, 0.1) is 0 Å². The summed E-state index contributed by atoms with van der Waals surface area (Å²) in [6, 6.07) is -1.45. The van der Waals surface area contributed by atoms with Gasteiger partial charge in [0.1, 0.15) is 0 Å². The van der Waals surface area contributed by atoms with Crippen LogP contribution < -0.4 is 10.6 Å². The summed E-state index contributed by atoms with van der Waals surface area (Å²) in [5, 5.41) is 4.74. The zero-order valence-electron chi connectivity index (χ0n) is 17.5. The molecule has 1 fully saturated rings. The van der Waals surface area contributed by atoms with Crippen molar-refractivity contribution in [3.05, 3.63) is 0 Å². The van der Waals surface area contributed by atoms with Crippen molar-refractivity contribution in [2.75, 3.05) is 21.1 Å². The number of carbonyl (C=O) groups excluding carboxylic acids is 6. The Hall–Kier alpha value is -1.96. The van der Waals surface area contributed by atoms with Crippen molar-refractivity contribution < 1.29 is 54.2 Å². The predicted octanol–water partition coefficient (Wildman–Crippen LogP) is 0.132. The first-order valence-electron chi connectivity index (χ1n) is 8.69. The van der Waals surface area contributed by atoms with E-state index in [1.54, 1.807) is 27.2 Å². The second-order valence-electron chi connectivity index (χ2n) is 6.33. The van der Waals surface area contributed by atoms with Crippen LogP contribution in [0, 0.1) is 17.8 Å². The van der Waals surface area contributed by atoms with E-state index in [2.05, 4.69) is 10.6 Å². The van der Waals surface area contributed by atoms with E-state index in [4.69, 9.17) is 0 Å². The molecule has 1 aliphatic rings. The normalized spacial score (nSPS) is 16.7. The Balaban J connectivity index is -0.000000344. The first-order valence-corrected chi connectivity index (χ1v) is 8.69. The zero-order chi connectivity index (χ0) is 22.4. The molecule has 29 heavy (non-hydrogen) atoms. The molecular weight excluding hydrogens is 557 g/mol. The molecule has 1 heterocycles. The van der Waals surface area contributed by atoms with Crippen molar-refractivity contribution in [3.8, 4) is 0 Å². The van der Waals surface area contributed by atoms with Crippen molar-refractivity contribution >= 4 is 36.0 Å². The Kier molecular flexibility index (Phi) is 18.5. The molecule has 9 nitrogen and oxygen atoms in total. The Bertz CT molecular complexity index is 588. The largest absolute Gasteiger partial charge is 0.542 e. The molecule has 2 N–H and O–H groups in total. The van der Waals surface area contributed by atoms with Gasteiger partial charge in [-0.05, 0) is 0 Å². The minimum absolute atomic E-state index is 0. The van der Waals surface area contributed by atoms with Gasteiger partial charge in [-0.15, -0.1) is 6.42 Å². The van der Waals surface area contributed by atoms with Crippen LogP contribution in [0.5, 0.6) is 0 Å². The van der Waals surface area contributed by atoms with Crippen molar-refractivity contribution in [2.45, 2.75) is 40.0 Å². The van der Waals surface area contributed by atoms with E-state index in [0.717, 1.165) is 0 Å². The van der Waals surface area contributed by atoms with Crippen LogP contribution in [-0.2, 0) is 49.8 Å². The van der Waals surface area contributed by atoms with Crippen LogP contribution in [0.2, 0.25) is 0 Å². The number of nitrogens with zero attached hydrogens (tertiary/aromatic N) is 1. The minimum Gasteiger partial charge on any atom is -0.542 e. The van der Waals surface area contributed by atoms with Crippen LogP contribution >= 0.6 is 0 Å². The van der Waals surface area contributed by atoms with E-state index in [1.807, 2.05) is 0 Å². The molecule has 11 heteroatoms. The second-order valence-corrected chi connectivity index (χ2v) is 6.33. The summed E-state index contributed by atoms with van der Waals surface area (Å²) < 4.78 is 11.6. The molecule has 0 saturated carbocycles. The summed E-state index contributed by atoms with van der Waals surface area (Å²) in [6.45, 7) is 4.95. The molecule has 166 valence electrons. The van der Waals surface area contributed by atoms with E-state index >= 15 is 0 Å². The molecule has 0 aromatic carbocycles. The Morgan fingerprint density at radius 3 is 1.83 bits per heavy atom. The van der Waals surface area contributed by atoms with Crippen LogP contribution in [-0.4, -0.2) is 62.0 Å². The van der Waals surface area contributed by atoms with Crippen molar-refractivity contribution in [2.24, 2.45) is 17.8 Å².